The van der Waals surface area contributed by atoms with Gasteiger partial charge in [0.1, 0.15) is 0 Å². The third kappa shape index (κ3) is 2.03. The standard InChI is InChI=1S/C8H10Cl2/c1-6-3-2-4-7(9)5-8(6)10/h3,5,7H,2,4H2,1H3. The van der Waals surface area contributed by atoms with Crippen molar-refractivity contribution in [1.82, 2.24) is 0 Å². The fourth-order valence-electron chi connectivity index (χ4n) is 0.930. The number of alkyl halides is 1. The van der Waals surface area contributed by atoms with Gasteiger partial charge in [0.25, 0.3) is 0 Å². The van der Waals surface area contributed by atoms with Crippen molar-refractivity contribution in [2.75, 3.05) is 0 Å². The van der Waals surface area contributed by atoms with E-state index in [0.29, 0.717) is 0 Å². The van der Waals surface area contributed by atoms with E-state index in [-0.39, 0.29) is 5.38 Å². The predicted octanol–water partition coefficient (Wildman–Crippen LogP) is 3.46. The summed E-state index contributed by atoms with van der Waals surface area (Å²) >= 11 is 11.8. The van der Waals surface area contributed by atoms with Crippen LogP contribution in [0.25, 0.3) is 0 Å². The highest BCUT2D eigenvalue weighted by Crippen LogP contribution is 2.23. The highest BCUT2D eigenvalue weighted by molar-refractivity contribution is 6.33. The Morgan fingerprint density at radius 2 is 2.30 bits per heavy atom. The second-order valence-corrected chi connectivity index (χ2v) is 3.46. The molecule has 0 N–H and O–H groups in total. The Morgan fingerprint density at radius 1 is 1.60 bits per heavy atom. The second-order valence-electron chi connectivity index (χ2n) is 2.50. The first kappa shape index (κ1) is 8.16. The Bertz CT molecular complexity index is 180. The van der Waals surface area contributed by atoms with Crippen LogP contribution in [0.4, 0.5) is 0 Å². The van der Waals surface area contributed by atoms with E-state index in [0.717, 1.165) is 23.4 Å². The summed E-state index contributed by atoms with van der Waals surface area (Å²) in [4.78, 5) is 0. The van der Waals surface area contributed by atoms with Gasteiger partial charge in [-0.1, -0.05) is 17.7 Å². The maximum absolute atomic E-state index is 5.89. The van der Waals surface area contributed by atoms with Crippen LogP contribution in [0, 0.1) is 0 Å². The zero-order valence-electron chi connectivity index (χ0n) is 5.90. The van der Waals surface area contributed by atoms with Crippen LogP contribution < -0.4 is 0 Å². The molecular formula is C8H10Cl2. The molecule has 0 amide bonds. The number of allylic oxidation sites excluding steroid dienone is 4. The number of halogens is 2. The Hall–Kier alpha value is 0.0600. The van der Waals surface area contributed by atoms with E-state index in [1.807, 2.05) is 13.0 Å². The quantitative estimate of drug-likeness (QED) is 0.497. The Morgan fingerprint density at radius 3 is 3.00 bits per heavy atom. The van der Waals surface area contributed by atoms with Crippen molar-refractivity contribution in [1.29, 1.82) is 0 Å². The Kier molecular flexibility index (Phi) is 2.82. The summed E-state index contributed by atoms with van der Waals surface area (Å²) in [6.45, 7) is 2.01. The monoisotopic (exact) mass is 176 g/mol. The molecule has 0 fully saturated rings. The van der Waals surface area contributed by atoms with E-state index in [2.05, 4.69) is 6.08 Å². The van der Waals surface area contributed by atoms with E-state index < -0.39 is 0 Å². The van der Waals surface area contributed by atoms with Crippen molar-refractivity contribution in [2.45, 2.75) is 25.1 Å². The van der Waals surface area contributed by atoms with Gasteiger partial charge in [-0.15, -0.1) is 11.6 Å². The highest BCUT2D eigenvalue weighted by atomic mass is 35.5. The van der Waals surface area contributed by atoms with E-state index in [4.69, 9.17) is 23.2 Å². The molecule has 1 unspecified atom stereocenters. The lowest BCUT2D eigenvalue weighted by atomic mass is 10.2. The van der Waals surface area contributed by atoms with Crippen LogP contribution in [0.2, 0.25) is 0 Å². The van der Waals surface area contributed by atoms with Crippen LogP contribution in [0.15, 0.2) is 22.8 Å². The molecule has 0 aromatic carbocycles. The minimum Gasteiger partial charge on any atom is -0.118 e. The molecular weight excluding hydrogens is 167 g/mol. The van der Waals surface area contributed by atoms with Gasteiger partial charge in [-0.05, 0) is 31.4 Å². The molecule has 0 radical (unpaired) electrons. The van der Waals surface area contributed by atoms with Crippen LogP contribution in [0.5, 0.6) is 0 Å². The lowest BCUT2D eigenvalue weighted by Gasteiger charge is -1.97. The van der Waals surface area contributed by atoms with Crippen LogP contribution in [-0.4, -0.2) is 5.38 Å². The van der Waals surface area contributed by atoms with Gasteiger partial charge < -0.3 is 0 Å². The van der Waals surface area contributed by atoms with Crippen molar-refractivity contribution in [2.24, 2.45) is 0 Å². The van der Waals surface area contributed by atoms with Gasteiger partial charge in [-0.25, -0.2) is 0 Å². The van der Waals surface area contributed by atoms with Crippen molar-refractivity contribution in [3.8, 4) is 0 Å². The first-order chi connectivity index (χ1) is 4.70. The average Bonchev–Trinajstić information content (AvgIpc) is 1.96. The zero-order chi connectivity index (χ0) is 7.56. The van der Waals surface area contributed by atoms with E-state index in [9.17, 15) is 0 Å². The topological polar surface area (TPSA) is 0 Å². The first-order valence-electron chi connectivity index (χ1n) is 3.38. The smallest absolute Gasteiger partial charge is 0.0536 e. The van der Waals surface area contributed by atoms with Crippen LogP contribution in [-0.2, 0) is 0 Å². The molecule has 10 heavy (non-hydrogen) atoms. The fraction of sp³-hybridized carbons (Fsp3) is 0.500. The molecule has 1 aliphatic carbocycles. The van der Waals surface area contributed by atoms with Gasteiger partial charge in [0.15, 0.2) is 0 Å². The van der Waals surface area contributed by atoms with Gasteiger partial charge >= 0.3 is 0 Å². The summed E-state index contributed by atoms with van der Waals surface area (Å²) in [5.41, 5.74) is 1.14. The Balaban J connectivity index is 2.77. The van der Waals surface area contributed by atoms with Gasteiger partial charge in [0.05, 0.1) is 5.38 Å². The van der Waals surface area contributed by atoms with Crippen LogP contribution >= 0.6 is 23.2 Å². The molecule has 0 nitrogen and oxygen atoms in total. The summed E-state index contributed by atoms with van der Waals surface area (Å²) in [5.74, 6) is 0. The van der Waals surface area contributed by atoms with Gasteiger partial charge in [-0.3, -0.25) is 0 Å². The zero-order valence-corrected chi connectivity index (χ0v) is 7.41. The lowest BCUT2D eigenvalue weighted by Crippen LogP contribution is -1.89. The van der Waals surface area contributed by atoms with Crippen molar-refractivity contribution < 1.29 is 0 Å². The fourth-order valence-corrected chi connectivity index (χ4v) is 1.48. The minimum absolute atomic E-state index is 0.112. The van der Waals surface area contributed by atoms with E-state index >= 15 is 0 Å². The normalized spacial score (nSPS) is 26.9. The number of hydrogen-bond acceptors (Lipinski definition) is 0. The number of rotatable bonds is 0. The van der Waals surface area contributed by atoms with Crippen molar-refractivity contribution >= 4 is 23.2 Å². The molecule has 0 bridgehead atoms. The lowest BCUT2D eigenvalue weighted by molar-refractivity contribution is 0.881. The summed E-state index contributed by atoms with van der Waals surface area (Å²) in [7, 11) is 0. The SMILES string of the molecule is CC1=CCCC(Cl)C=C1Cl. The molecule has 0 aromatic rings. The molecule has 56 valence electrons. The molecule has 0 saturated heterocycles. The average molecular weight is 177 g/mol. The first-order valence-corrected chi connectivity index (χ1v) is 4.20. The third-order valence-corrected chi connectivity index (χ3v) is 2.37. The minimum atomic E-state index is 0.112. The molecule has 1 rings (SSSR count). The molecule has 0 aliphatic heterocycles. The summed E-state index contributed by atoms with van der Waals surface area (Å²) in [6.07, 6.45) is 6.06. The predicted molar refractivity (Wildman–Crippen MR) is 46.6 cm³/mol. The molecule has 0 aromatic heterocycles. The van der Waals surface area contributed by atoms with Gasteiger partial charge in [-0.2, -0.15) is 0 Å². The maximum Gasteiger partial charge on any atom is 0.0536 e. The van der Waals surface area contributed by atoms with Gasteiger partial charge in [0, 0.05) is 5.03 Å². The molecule has 1 atom stereocenters. The van der Waals surface area contributed by atoms with E-state index in [1.54, 1.807) is 0 Å². The summed E-state index contributed by atoms with van der Waals surface area (Å²) < 4.78 is 0. The highest BCUT2D eigenvalue weighted by Gasteiger charge is 2.06. The largest absolute Gasteiger partial charge is 0.118 e. The summed E-state index contributed by atoms with van der Waals surface area (Å²) in [5, 5.41) is 0.915. The van der Waals surface area contributed by atoms with E-state index in [1.165, 1.54) is 0 Å². The second kappa shape index (κ2) is 3.45. The van der Waals surface area contributed by atoms with Crippen LogP contribution in [0.3, 0.4) is 0 Å². The van der Waals surface area contributed by atoms with Crippen molar-refractivity contribution in [3.63, 3.8) is 0 Å². The number of hydrogen-bond donors (Lipinski definition) is 0. The summed E-state index contributed by atoms with van der Waals surface area (Å²) in [6, 6.07) is 0. The molecule has 0 spiro atoms. The third-order valence-electron chi connectivity index (χ3n) is 1.60. The molecule has 1 aliphatic rings. The van der Waals surface area contributed by atoms with Crippen LogP contribution in [0.1, 0.15) is 19.8 Å². The Labute approximate surface area is 71.5 Å². The maximum atomic E-state index is 5.89. The molecule has 0 heterocycles. The van der Waals surface area contributed by atoms with Crippen molar-refractivity contribution in [3.05, 3.63) is 22.8 Å². The molecule has 0 saturated carbocycles. The van der Waals surface area contributed by atoms with Gasteiger partial charge in [0.2, 0.25) is 0 Å². The molecule has 2 heteroatoms.